The summed E-state index contributed by atoms with van der Waals surface area (Å²) in [6.07, 6.45) is 4.09. The van der Waals surface area contributed by atoms with E-state index in [0.717, 1.165) is 11.1 Å². The van der Waals surface area contributed by atoms with E-state index in [-0.39, 0.29) is 11.1 Å². The molecule has 1 atom stereocenters. The van der Waals surface area contributed by atoms with Crippen LogP contribution < -0.4 is 5.73 Å². The van der Waals surface area contributed by atoms with Crippen LogP contribution in [0.15, 0.2) is 47.9 Å². The van der Waals surface area contributed by atoms with E-state index in [2.05, 4.69) is 9.97 Å². The Kier molecular flexibility index (Phi) is 4.52. The van der Waals surface area contributed by atoms with Gasteiger partial charge in [0.15, 0.2) is 5.16 Å². The number of hydrogen-bond acceptors (Lipinski definition) is 4. The van der Waals surface area contributed by atoms with Crippen LogP contribution in [-0.4, -0.2) is 15.8 Å². The predicted molar refractivity (Wildman–Crippen MR) is 78.3 cm³/mol. The minimum Gasteiger partial charge on any atom is -0.388 e. The third-order valence-electron chi connectivity index (χ3n) is 2.58. The Hall–Kier alpha value is -1.88. The molecule has 1 unspecified atom stereocenters. The first-order valence-electron chi connectivity index (χ1n) is 5.98. The van der Waals surface area contributed by atoms with Crippen molar-refractivity contribution in [2.75, 3.05) is 0 Å². The van der Waals surface area contributed by atoms with Crippen molar-refractivity contribution in [1.82, 2.24) is 9.97 Å². The van der Waals surface area contributed by atoms with Crippen molar-refractivity contribution in [3.8, 4) is 0 Å². The van der Waals surface area contributed by atoms with Crippen molar-refractivity contribution in [2.45, 2.75) is 23.8 Å². The Morgan fingerprint density at radius 2 is 1.89 bits per heavy atom. The van der Waals surface area contributed by atoms with Crippen LogP contribution in [0.3, 0.4) is 0 Å². The van der Waals surface area contributed by atoms with Crippen LogP contribution in [0.25, 0.3) is 0 Å². The molecule has 0 aliphatic heterocycles. The van der Waals surface area contributed by atoms with Gasteiger partial charge in [-0.3, -0.25) is 5.41 Å². The summed E-state index contributed by atoms with van der Waals surface area (Å²) in [6.45, 7) is 1.96. The molecule has 2 rings (SSSR count). The average Bonchev–Trinajstić information content (AvgIpc) is 2.41. The lowest BCUT2D eigenvalue weighted by atomic mass is 10.1. The van der Waals surface area contributed by atoms with Gasteiger partial charge in [0.1, 0.15) is 0 Å². The highest BCUT2D eigenvalue weighted by atomic mass is 32.2. The molecule has 3 N–H and O–H groups in total. The summed E-state index contributed by atoms with van der Waals surface area (Å²) in [5.74, 6) is 0.175. The number of thioether (sulfide) groups is 1. The van der Waals surface area contributed by atoms with Gasteiger partial charge in [-0.2, -0.15) is 0 Å². The quantitative estimate of drug-likeness (QED) is 0.380. The Labute approximate surface area is 117 Å². The number of nitrogens with two attached hydrogens (primary N) is 1. The maximum atomic E-state index is 7.50. The molecule has 0 radical (unpaired) electrons. The lowest BCUT2D eigenvalue weighted by molar-refractivity contribution is 0.920. The lowest BCUT2D eigenvalue weighted by Crippen LogP contribution is -2.13. The van der Waals surface area contributed by atoms with Gasteiger partial charge in [0.2, 0.25) is 0 Å². The molecule has 0 fully saturated rings. The molecule has 0 bridgehead atoms. The SMILES string of the molecule is Cc1cnc(SC(CC(=N)N)c2ccccc2)nc1. The molecule has 2 aromatic rings. The maximum Gasteiger partial charge on any atom is 0.188 e. The van der Waals surface area contributed by atoms with Crippen LogP contribution in [0, 0.1) is 12.3 Å². The number of benzene rings is 1. The fourth-order valence-corrected chi connectivity index (χ4v) is 2.70. The van der Waals surface area contributed by atoms with E-state index in [9.17, 15) is 0 Å². The van der Waals surface area contributed by atoms with Crippen LogP contribution in [0.4, 0.5) is 0 Å². The number of nitrogens with one attached hydrogen (secondary N) is 1. The van der Waals surface area contributed by atoms with E-state index < -0.39 is 0 Å². The van der Waals surface area contributed by atoms with Crippen LogP contribution >= 0.6 is 11.8 Å². The number of nitrogens with zero attached hydrogens (tertiary/aromatic N) is 2. The van der Waals surface area contributed by atoms with Gasteiger partial charge in [0.05, 0.1) is 5.84 Å². The molecule has 0 spiro atoms. The zero-order valence-corrected chi connectivity index (χ0v) is 11.5. The number of hydrogen-bond donors (Lipinski definition) is 2. The summed E-state index contributed by atoms with van der Waals surface area (Å²) in [7, 11) is 0. The second kappa shape index (κ2) is 6.33. The topological polar surface area (TPSA) is 75.7 Å². The fraction of sp³-hybridized carbons (Fsp3) is 0.214. The van der Waals surface area contributed by atoms with Crippen molar-refractivity contribution in [3.05, 3.63) is 53.9 Å². The van der Waals surface area contributed by atoms with Gasteiger partial charge >= 0.3 is 0 Å². The van der Waals surface area contributed by atoms with E-state index >= 15 is 0 Å². The molecule has 0 aliphatic carbocycles. The third-order valence-corrected chi connectivity index (χ3v) is 3.73. The highest BCUT2D eigenvalue weighted by molar-refractivity contribution is 7.99. The second-order valence-electron chi connectivity index (χ2n) is 4.29. The van der Waals surface area contributed by atoms with Crippen LogP contribution in [0.1, 0.15) is 22.8 Å². The molecule has 0 amide bonds. The zero-order valence-electron chi connectivity index (χ0n) is 10.7. The van der Waals surface area contributed by atoms with E-state index in [4.69, 9.17) is 11.1 Å². The molecule has 19 heavy (non-hydrogen) atoms. The number of aromatic nitrogens is 2. The fourth-order valence-electron chi connectivity index (χ4n) is 1.66. The molecule has 1 heterocycles. The van der Waals surface area contributed by atoms with Gasteiger partial charge in [0.25, 0.3) is 0 Å². The molecule has 1 aromatic carbocycles. The smallest absolute Gasteiger partial charge is 0.188 e. The van der Waals surface area contributed by atoms with Crippen LogP contribution in [0.2, 0.25) is 0 Å². The molecular weight excluding hydrogens is 256 g/mol. The van der Waals surface area contributed by atoms with Gasteiger partial charge < -0.3 is 5.73 Å². The first-order valence-corrected chi connectivity index (χ1v) is 6.86. The van der Waals surface area contributed by atoms with Crippen molar-refractivity contribution in [3.63, 3.8) is 0 Å². The minimum atomic E-state index is 0.0707. The van der Waals surface area contributed by atoms with E-state index in [1.807, 2.05) is 37.3 Å². The van der Waals surface area contributed by atoms with E-state index in [1.165, 1.54) is 11.8 Å². The Bertz CT molecular complexity index is 539. The highest BCUT2D eigenvalue weighted by Gasteiger charge is 2.15. The lowest BCUT2D eigenvalue weighted by Gasteiger charge is -2.15. The van der Waals surface area contributed by atoms with Crippen molar-refractivity contribution in [1.29, 1.82) is 5.41 Å². The molecule has 98 valence electrons. The number of aryl methyl sites for hydroxylation is 1. The molecule has 4 nitrogen and oxygen atoms in total. The molecule has 1 aromatic heterocycles. The van der Waals surface area contributed by atoms with Gasteiger partial charge in [-0.15, -0.1) is 0 Å². The highest BCUT2D eigenvalue weighted by Crippen LogP contribution is 2.35. The minimum absolute atomic E-state index is 0.0707. The third kappa shape index (κ3) is 4.06. The predicted octanol–water partition coefficient (Wildman–Crippen LogP) is 2.94. The Balaban J connectivity index is 2.19. The molecule has 5 heteroatoms. The van der Waals surface area contributed by atoms with Crippen molar-refractivity contribution >= 4 is 17.6 Å². The van der Waals surface area contributed by atoms with Gasteiger partial charge in [-0.1, -0.05) is 42.1 Å². The first kappa shape index (κ1) is 13.5. The average molecular weight is 272 g/mol. The van der Waals surface area contributed by atoms with Gasteiger partial charge in [0, 0.05) is 24.1 Å². The summed E-state index contributed by atoms with van der Waals surface area (Å²) in [4.78, 5) is 8.58. The zero-order chi connectivity index (χ0) is 13.7. The summed E-state index contributed by atoms with van der Waals surface area (Å²) in [6, 6.07) is 10.0. The second-order valence-corrected chi connectivity index (χ2v) is 5.46. The van der Waals surface area contributed by atoms with Crippen molar-refractivity contribution < 1.29 is 0 Å². The number of amidine groups is 1. The maximum absolute atomic E-state index is 7.50. The summed E-state index contributed by atoms with van der Waals surface area (Å²) >= 11 is 1.54. The van der Waals surface area contributed by atoms with E-state index in [1.54, 1.807) is 12.4 Å². The van der Waals surface area contributed by atoms with Gasteiger partial charge in [-0.25, -0.2) is 9.97 Å². The van der Waals surface area contributed by atoms with Crippen LogP contribution in [-0.2, 0) is 0 Å². The molecular formula is C14H16N4S. The Morgan fingerprint density at radius 3 is 2.47 bits per heavy atom. The summed E-state index contributed by atoms with van der Waals surface area (Å²) in [5, 5.41) is 8.28. The molecule has 0 aliphatic rings. The Morgan fingerprint density at radius 1 is 1.26 bits per heavy atom. The summed E-state index contributed by atoms with van der Waals surface area (Å²) in [5.41, 5.74) is 7.70. The number of rotatable bonds is 5. The standard InChI is InChI=1S/C14H16N4S/c1-10-8-17-14(18-9-10)19-12(7-13(15)16)11-5-3-2-4-6-11/h2-6,8-9,12H,7H2,1H3,(H3,15,16). The normalized spacial score (nSPS) is 12.1. The largest absolute Gasteiger partial charge is 0.388 e. The van der Waals surface area contributed by atoms with Gasteiger partial charge in [-0.05, 0) is 18.1 Å². The van der Waals surface area contributed by atoms with E-state index in [0.29, 0.717) is 11.6 Å². The van der Waals surface area contributed by atoms with Crippen molar-refractivity contribution in [2.24, 2.45) is 5.73 Å². The van der Waals surface area contributed by atoms with Crippen LogP contribution in [0.5, 0.6) is 0 Å². The first-order chi connectivity index (χ1) is 9.15. The monoisotopic (exact) mass is 272 g/mol. The molecule has 0 saturated carbocycles. The molecule has 0 saturated heterocycles. The summed E-state index contributed by atoms with van der Waals surface area (Å²) < 4.78 is 0.